The van der Waals surface area contributed by atoms with Crippen LogP contribution in [0.4, 0.5) is 5.95 Å². The fourth-order valence-electron chi connectivity index (χ4n) is 1.96. The van der Waals surface area contributed by atoms with Crippen molar-refractivity contribution in [2.24, 2.45) is 0 Å². The molecular weight excluding hydrogens is 294 g/mol. The molecule has 0 aliphatic heterocycles. The van der Waals surface area contributed by atoms with Crippen LogP contribution in [-0.4, -0.2) is 34.3 Å². The number of aromatic nitrogens is 2. The summed E-state index contributed by atoms with van der Waals surface area (Å²) in [5.74, 6) is -0.607. The second-order valence-electron chi connectivity index (χ2n) is 4.77. The number of carbonyl (C=O) groups is 1. The molecule has 1 heterocycles. The van der Waals surface area contributed by atoms with Crippen molar-refractivity contribution in [3.05, 3.63) is 53.5 Å². The molecule has 0 aliphatic carbocycles. The summed E-state index contributed by atoms with van der Waals surface area (Å²) in [5, 5.41) is 22.0. The molecule has 1 aromatic heterocycles. The van der Waals surface area contributed by atoms with Crippen LogP contribution in [-0.2, 0) is 0 Å². The number of anilines is 1. The third-order valence-electron chi connectivity index (χ3n) is 3.09. The predicted molar refractivity (Wildman–Crippen MR) is 88.7 cm³/mol. The van der Waals surface area contributed by atoms with Crippen LogP contribution in [0.3, 0.4) is 0 Å². The van der Waals surface area contributed by atoms with E-state index in [-0.39, 0.29) is 5.56 Å². The van der Waals surface area contributed by atoms with Crippen molar-refractivity contribution in [3.8, 4) is 11.3 Å². The van der Waals surface area contributed by atoms with Gasteiger partial charge in [0.25, 0.3) is 0 Å². The smallest absolute Gasteiger partial charge is 0.335 e. The van der Waals surface area contributed by atoms with Crippen molar-refractivity contribution in [2.75, 3.05) is 12.4 Å². The largest absolute Gasteiger partial charge is 0.478 e. The molecule has 118 valence electrons. The van der Waals surface area contributed by atoms with Gasteiger partial charge in [0.1, 0.15) is 0 Å². The molecule has 0 saturated carbocycles. The van der Waals surface area contributed by atoms with Crippen molar-refractivity contribution < 1.29 is 9.90 Å². The lowest BCUT2D eigenvalue weighted by molar-refractivity contribution is 0.0697. The van der Waals surface area contributed by atoms with E-state index < -0.39 is 5.97 Å². The Bertz CT molecular complexity index is 754. The Morgan fingerprint density at radius 3 is 2.57 bits per heavy atom. The lowest BCUT2D eigenvalue weighted by atomic mass is 10.1. The lowest BCUT2D eigenvalue weighted by Gasteiger charge is -2.09. The minimum Gasteiger partial charge on any atom is -0.478 e. The fourth-order valence-corrected chi connectivity index (χ4v) is 1.96. The lowest BCUT2D eigenvalue weighted by Crippen LogP contribution is -2.09. The number of aromatic carboxylic acids is 1. The van der Waals surface area contributed by atoms with Crippen LogP contribution >= 0.6 is 0 Å². The summed E-state index contributed by atoms with van der Waals surface area (Å²) >= 11 is 0. The summed E-state index contributed by atoms with van der Waals surface area (Å²) in [6, 6.07) is 6.50. The number of aryl methyl sites for hydroxylation is 1. The standard InChI is InChI=1S/C16H17N5O2/c1-10-8-19-16(20-13(7-17)9-18-2)21-14(10)11-3-5-12(6-4-11)15(22)23/h3-9,17-18H,1-2H3,(H,22,23)(H,19,20,21)/b13-9+,17-7?. The van der Waals surface area contributed by atoms with E-state index in [4.69, 9.17) is 10.5 Å². The first-order chi connectivity index (χ1) is 11.0. The van der Waals surface area contributed by atoms with E-state index in [1.165, 1.54) is 12.1 Å². The molecule has 0 bridgehead atoms. The minimum absolute atomic E-state index is 0.224. The highest BCUT2D eigenvalue weighted by Gasteiger charge is 2.09. The molecule has 4 N–H and O–H groups in total. The van der Waals surface area contributed by atoms with Gasteiger partial charge in [0.2, 0.25) is 5.95 Å². The highest BCUT2D eigenvalue weighted by molar-refractivity contribution is 5.88. The molecule has 0 spiro atoms. The number of carboxylic acids is 1. The van der Waals surface area contributed by atoms with E-state index in [2.05, 4.69) is 20.6 Å². The second kappa shape index (κ2) is 7.17. The Morgan fingerprint density at radius 1 is 1.30 bits per heavy atom. The number of nitrogens with zero attached hydrogens (tertiary/aromatic N) is 2. The number of hydrogen-bond acceptors (Lipinski definition) is 6. The molecule has 0 unspecified atom stereocenters. The summed E-state index contributed by atoms with van der Waals surface area (Å²) in [5.41, 5.74) is 3.11. The van der Waals surface area contributed by atoms with Crippen molar-refractivity contribution >= 4 is 18.1 Å². The van der Waals surface area contributed by atoms with E-state index in [9.17, 15) is 4.79 Å². The summed E-state index contributed by atoms with van der Waals surface area (Å²) in [4.78, 5) is 19.6. The zero-order valence-corrected chi connectivity index (χ0v) is 12.8. The van der Waals surface area contributed by atoms with Gasteiger partial charge in [-0.2, -0.15) is 0 Å². The van der Waals surface area contributed by atoms with Gasteiger partial charge in [0.15, 0.2) is 0 Å². The molecular formula is C16H17N5O2. The second-order valence-corrected chi connectivity index (χ2v) is 4.77. The molecule has 2 aromatic rings. The van der Waals surface area contributed by atoms with Crippen LogP contribution in [0.15, 0.2) is 42.4 Å². The molecule has 7 heteroatoms. The van der Waals surface area contributed by atoms with E-state index >= 15 is 0 Å². The van der Waals surface area contributed by atoms with Crippen LogP contribution in [0.5, 0.6) is 0 Å². The first-order valence-corrected chi connectivity index (χ1v) is 6.87. The number of hydrogen-bond donors (Lipinski definition) is 4. The van der Waals surface area contributed by atoms with E-state index in [1.807, 2.05) is 6.92 Å². The Labute approximate surface area is 133 Å². The van der Waals surface area contributed by atoms with Crippen LogP contribution in [0.2, 0.25) is 0 Å². The van der Waals surface area contributed by atoms with Gasteiger partial charge < -0.3 is 21.1 Å². The highest BCUT2D eigenvalue weighted by Crippen LogP contribution is 2.22. The first-order valence-electron chi connectivity index (χ1n) is 6.87. The molecule has 0 aliphatic rings. The highest BCUT2D eigenvalue weighted by atomic mass is 16.4. The van der Waals surface area contributed by atoms with Crippen molar-refractivity contribution in [2.45, 2.75) is 6.92 Å². The average Bonchev–Trinajstić information content (AvgIpc) is 2.56. The summed E-state index contributed by atoms with van der Waals surface area (Å²) in [6.45, 7) is 1.88. The van der Waals surface area contributed by atoms with Gasteiger partial charge in [-0.05, 0) is 24.6 Å². The van der Waals surface area contributed by atoms with Crippen molar-refractivity contribution in [1.82, 2.24) is 15.3 Å². The SMILES string of the molecule is CN/C=C(\C=N)Nc1ncc(C)c(-c2ccc(C(=O)O)cc2)n1. The molecule has 0 amide bonds. The van der Waals surface area contributed by atoms with Gasteiger partial charge in [-0.25, -0.2) is 14.8 Å². The molecule has 0 radical (unpaired) electrons. The third-order valence-corrected chi connectivity index (χ3v) is 3.09. The van der Waals surface area contributed by atoms with Crippen LogP contribution in [0.25, 0.3) is 11.3 Å². The number of allylic oxidation sites excluding steroid dienone is 1. The van der Waals surface area contributed by atoms with Crippen LogP contribution in [0, 0.1) is 12.3 Å². The molecule has 0 atom stereocenters. The van der Waals surface area contributed by atoms with Gasteiger partial charge in [0.05, 0.1) is 17.0 Å². The average molecular weight is 311 g/mol. The number of rotatable bonds is 6. The monoisotopic (exact) mass is 311 g/mol. The van der Waals surface area contributed by atoms with E-state index in [0.717, 1.165) is 17.3 Å². The summed E-state index contributed by atoms with van der Waals surface area (Å²) in [7, 11) is 1.73. The van der Waals surface area contributed by atoms with Crippen LogP contribution < -0.4 is 10.6 Å². The maximum atomic E-state index is 10.9. The molecule has 0 saturated heterocycles. The number of benzene rings is 1. The zero-order chi connectivity index (χ0) is 16.8. The molecule has 23 heavy (non-hydrogen) atoms. The fraction of sp³-hybridized carbons (Fsp3) is 0.125. The van der Waals surface area contributed by atoms with Gasteiger partial charge in [-0.15, -0.1) is 0 Å². The number of carboxylic acid groups (broad SMARTS) is 1. The number of nitrogens with one attached hydrogen (secondary N) is 3. The van der Waals surface area contributed by atoms with E-state index in [1.54, 1.807) is 31.6 Å². The van der Waals surface area contributed by atoms with Gasteiger partial charge in [0, 0.05) is 31.2 Å². The summed E-state index contributed by atoms with van der Waals surface area (Å²) < 4.78 is 0. The maximum Gasteiger partial charge on any atom is 0.335 e. The Balaban J connectivity index is 2.35. The quantitative estimate of drug-likeness (QED) is 0.609. The zero-order valence-electron chi connectivity index (χ0n) is 12.8. The van der Waals surface area contributed by atoms with E-state index in [0.29, 0.717) is 17.3 Å². The Hall–Kier alpha value is -3.22. The summed E-state index contributed by atoms with van der Waals surface area (Å²) in [6.07, 6.45) is 4.45. The topological polar surface area (TPSA) is 111 Å². The maximum absolute atomic E-state index is 10.9. The Morgan fingerprint density at radius 2 is 2.00 bits per heavy atom. The van der Waals surface area contributed by atoms with Gasteiger partial charge in [-0.3, -0.25) is 0 Å². The molecule has 7 nitrogen and oxygen atoms in total. The molecule has 1 aromatic carbocycles. The molecule has 0 fully saturated rings. The minimum atomic E-state index is -0.967. The van der Waals surface area contributed by atoms with Gasteiger partial charge in [-0.1, -0.05) is 12.1 Å². The molecule has 2 rings (SSSR count). The van der Waals surface area contributed by atoms with Crippen molar-refractivity contribution in [3.63, 3.8) is 0 Å². The van der Waals surface area contributed by atoms with Gasteiger partial charge >= 0.3 is 5.97 Å². The Kier molecular flexibility index (Phi) is 5.03. The third kappa shape index (κ3) is 3.91. The predicted octanol–water partition coefficient (Wildman–Crippen LogP) is 2.27. The van der Waals surface area contributed by atoms with Crippen LogP contribution in [0.1, 0.15) is 15.9 Å². The van der Waals surface area contributed by atoms with Crippen molar-refractivity contribution in [1.29, 1.82) is 5.41 Å². The normalized spacial score (nSPS) is 11.0. The first kappa shape index (κ1) is 16.2.